The molecule has 10 heteroatoms. The molecule has 5 rings (SSSR count). The molecular weight excluding hydrogens is 536 g/mol. The first-order valence-corrected chi connectivity index (χ1v) is 12.7. The van der Waals surface area contributed by atoms with Gasteiger partial charge in [-0.1, -0.05) is 47.5 Å². The Morgan fingerprint density at radius 2 is 1.87 bits per heavy atom. The van der Waals surface area contributed by atoms with Crippen LogP contribution in [0.4, 0.5) is 18.0 Å². The van der Waals surface area contributed by atoms with Gasteiger partial charge in [-0.05, 0) is 59.2 Å². The van der Waals surface area contributed by atoms with Crippen LogP contribution in [-0.2, 0) is 25.7 Å². The summed E-state index contributed by atoms with van der Waals surface area (Å²) >= 11 is 11.9. The van der Waals surface area contributed by atoms with Gasteiger partial charge in [0.05, 0.1) is 11.1 Å². The first-order valence-electron chi connectivity index (χ1n) is 12.0. The molecule has 2 aromatic heterocycles. The average Bonchev–Trinajstić information content (AvgIpc) is 3.21. The summed E-state index contributed by atoms with van der Waals surface area (Å²) in [5.74, 6) is 0. The molecule has 1 aliphatic rings. The number of carbonyl (C=O) groups excluding carboxylic acids is 1. The van der Waals surface area contributed by atoms with Gasteiger partial charge in [-0.2, -0.15) is 13.2 Å². The molecular formula is C28H23Cl2F3N4O. The zero-order chi connectivity index (χ0) is 26.9. The molecule has 1 amide bonds. The molecule has 2 aromatic carbocycles. The quantitative estimate of drug-likeness (QED) is 0.264. The normalized spacial score (nSPS) is 14.2. The highest BCUT2D eigenvalue weighted by Gasteiger charge is 2.33. The van der Waals surface area contributed by atoms with Crippen LogP contribution < -0.4 is 5.32 Å². The molecule has 0 saturated heterocycles. The van der Waals surface area contributed by atoms with Crippen molar-refractivity contribution in [1.29, 1.82) is 0 Å². The number of nitrogens with one attached hydrogen (secondary N) is 1. The molecule has 0 spiro atoms. The van der Waals surface area contributed by atoms with E-state index in [0.29, 0.717) is 47.1 Å². The van der Waals surface area contributed by atoms with Gasteiger partial charge in [0.1, 0.15) is 5.15 Å². The summed E-state index contributed by atoms with van der Waals surface area (Å²) in [4.78, 5) is 19.4. The number of alkyl halides is 3. The average molecular weight is 559 g/mol. The number of amides is 1. The van der Waals surface area contributed by atoms with E-state index in [4.69, 9.17) is 23.2 Å². The summed E-state index contributed by atoms with van der Waals surface area (Å²) in [5, 5.41) is 4.27. The fourth-order valence-electron chi connectivity index (χ4n) is 4.70. The minimum Gasteiger partial charge on any atom is -0.333 e. The fourth-order valence-corrected chi connectivity index (χ4v) is 5.02. The zero-order valence-corrected chi connectivity index (χ0v) is 21.6. The first kappa shape index (κ1) is 26.3. The molecule has 196 valence electrons. The van der Waals surface area contributed by atoms with E-state index in [-0.39, 0.29) is 6.54 Å². The van der Waals surface area contributed by atoms with Crippen molar-refractivity contribution in [2.75, 3.05) is 13.1 Å². The molecule has 0 saturated carbocycles. The van der Waals surface area contributed by atoms with Gasteiger partial charge in [0.15, 0.2) is 0 Å². The largest absolute Gasteiger partial charge is 0.416 e. The third-order valence-electron chi connectivity index (χ3n) is 6.54. The summed E-state index contributed by atoms with van der Waals surface area (Å²) in [5.41, 5.74) is 2.94. The van der Waals surface area contributed by atoms with E-state index in [9.17, 15) is 18.0 Å². The van der Waals surface area contributed by atoms with Crippen molar-refractivity contribution < 1.29 is 18.0 Å². The Morgan fingerprint density at radius 3 is 2.61 bits per heavy atom. The van der Waals surface area contributed by atoms with Crippen LogP contribution in [0.25, 0.3) is 17.0 Å². The molecule has 1 aliphatic heterocycles. The summed E-state index contributed by atoms with van der Waals surface area (Å²) in [6, 6.07) is 14.0. The Labute approximate surface area is 227 Å². The maximum Gasteiger partial charge on any atom is 0.416 e. The molecule has 5 nitrogen and oxygen atoms in total. The Kier molecular flexibility index (Phi) is 7.47. The maximum absolute atomic E-state index is 13.6. The number of rotatable bonds is 5. The molecule has 3 heterocycles. The third-order valence-corrected chi connectivity index (χ3v) is 7.00. The number of fused-ring (bicyclic) bond motifs is 3. The van der Waals surface area contributed by atoms with Crippen molar-refractivity contribution >= 4 is 46.2 Å². The molecule has 0 atom stereocenters. The lowest BCUT2D eigenvalue weighted by Crippen LogP contribution is -2.34. The van der Waals surface area contributed by atoms with Gasteiger partial charge in [-0.15, -0.1) is 0 Å². The van der Waals surface area contributed by atoms with Crippen LogP contribution >= 0.6 is 23.2 Å². The lowest BCUT2D eigenvalue weighted by molar-refractivity contribution is -0.137. The van der Waals surface area contributed by atoms with E-state index in [0.717, 1.165) is 34.5 Å². The summed E-state index contributed by atoms with van der Waals surface area (Å²) in [6.07, 6.45) is 1.58. The molecule has 0 radical (unpaired) electrons. The van der Waals surface area contributed by atoms with Crippen LogP contribution in [0.5, 0.6) is 0 Å². The second kappa shape index (κ2) is 10.8. The first-order chi connectivity index (χ1) is 18.2. The van der Waals surface area contributed by atoms with Crippen LogP contribution in [0.3, 0.4) is 0 Å². The zero-order valence-electron chi connectivity index (χ0n) is 20.1. The SMILES string of the molecule is O=C(NCc1ccnc(Cl)c1)n1c2c(c3cc(C(F)(F)F)ccc31)CN(C/C=C/c1ccc(Cl)cc1)CC2. The second-order valence-corrected chi connectivity index (χ2v) is 9.90. The monoisotopic (exact) mass is 558 g/mol. The van der Waals surface area contributed by atoms with Gasteiger partial charge in [-0.3, -0.25) is 9.47 Å². The number of hydrogen-bond acceptors (Lipinski definition) is 3. The van der Waals surface area contributed by atoms with E-state index >= 15 is 0 Å². The molecule has 0 unspecified atom stereocenters. The van der Waals surface area contributed by atoms with Gasteiger partial charge < -0.3 is 5.32 Å². The highest BCUT2D eigenvalue weighted by molar-refractivity contribution is 6.30. The number of pyridine rings is 1. The van der Waals surface area contributed by atoms with Gasteiger partial charge in [0.25, 0.3) is 0 Å². The van der Waals surface area contributed by atoms with Crippen LogP contribution in [0.1, 0.15) is 27.9 Å². The van der Waals surface area contributed by atoms with E-state index in [1.54, 1.807) is 18.3 Å². The number of hydrogen-bond donors (Lipinski definition) is 1. The molecule has 0 aliphatic carbocycles. The summed E-state index contributed by atoms with van der Waals surface area (Å²) in [7, 11) is 0. The highest BCUT2D eigenvalue weighted by atomic mass is 35.5. The Hall–Kier alpha value is -3.33. The minimum atomic E-state index is -4.48. The van der Waals surface area contributed by atoms with Crippen molar-refractivity contribution in [3.63, 3.8) is 0 Å². The Morgan fingerprint density at radius 1 is 1.08 bits per heavy atom. The third kappa shape index (κ3) is 5.72. The second-order valence-electron chi connectivity index (χ2n) is 9.07. The number of aromatic nitrogens is 2. The van der Waals surface area contributed by atoms with Crippen LogP contribution in [0.15, 0.2) is 66.9 Å². The van der Waals surface area contributed by atoms with Gasteiger partial charge >= 0.3 is 12.2 Å². The molecule has 0 bridgehead atoms. The summed E-state index contributed by atoms with van der Waals surface area (Å²) in [6.45, 7) is 1.91. The molecule has 0 fully saturated rings. The number of halogens is 5. The molecule has 38 heavy (non-hydrogen) atoms. The number of nitrogens with zero attached hydrogens (tertiary/aromatic N) is 3. The van der Waals surface area contributed by atoms with E-state index in [1.165, 1.54) is 10.6 Å². The van der Waals surface area contributed by atoms with Crippen LogP contribution in [-0.4, -0.2) is 33.6 Å². The van der Waals surface area contributed by atoms with Gasteiger partial charge in [0, 0.05) is 54.9 Å². The van der Waals surface area contributed by atoms with Crippen LogP contribution in [0, 0.1) is 0 Å². The van der Waals surface area contributed by atoms with Crippen molar-refractivity contribution in [3.8, 4) is 0 Å². The van der Waals surface area contributed by atoms with Crippen molar-refractivity contribution in [3.05, 3.63) is 105 Å². The summed E-state index contributed by atoms with van der Waals surface area (Å²) < 4.78 is 42.2. The standard InChI is InChI=1S/C28H23Cl2F3N4O/c29-21-6-3-18(4-7-21)2-1-12-36-13-10-25-23(17-36)22-15-20(28(31,32)33)5-8-24(22)37(25)27(38)35-16-19-9-11-34-26(30)14-19/h1-9,11,14-15H,10,12-13,16-17H2,(H,35,38)/b2-1+. The van der Waals surface area contributed by atoms with E-state index < -0.39 is 17.8 Å². The van der Waals surface area contributed by atoms with Gasteiger partial charge in [0.2, 0.25) is 0 Å². The number of carbonyl (C=O) groups is 1. The molecule has 4 aromatic rings. The Balaban J connectivity index is 1.43. The topological polar surface area (TPSA) is 50.2 Å². The van der Waals surface area contributed by atoms with E-state index in [2.05, 4.69) is 15.2 Å². The Bertz CT molecular complexity index is 1510. The highest BCUT2D eigenvalue weighted by Crippen LogP contribution is 2.36. The van der Waals surface area contributed by atoms with Crippen molar-refractivity contribution in [2.24, 2.45) is 0 Å². The van der Waals surface area contributed by atoms with Gasteiger partial charge in [-0.25, -0.2) is 9.78 Å². The lowest BCUT2D eigenvalue weighted by atomic mass is 10.0. The maximum atomic E-state index is 13.6. The van der Waals surface area contributed by atoms with Crippen molar-refractivity contribution in [2.45, 2.75) is 25.7 Å². The lowest BCUT2D eigenvalue weighted by Gasteiger charge is -2.27. The fraction of sp³-hybridized carbons (Fsp3) is 0.214. The van der Waals surface area contributed by atoms with Crippen LogP contribution in [0.2, 0.25) is 10.2 Å². The predicted molar refractivity (Wildman–Crippen MR) is 143 cm³/mol. The van der Waals surface area contributed by atoms with E-state index in [1.807, 2.05) is 36.4 Å². The minimum absolute atomic E-state index is 0.206. The smallest absolute Gasteiger partial charge is 0.333 e. The molecule has 1 N–H and O–H groups in total. The van der Waals surface area contributed by atoms with Crippen molar-refractivity contribution in [1.82, 2.24) is 19.8 Å². The predicted octanol–water partition coefficient (Wildman–Crippen LogP) is 7.19. The number of benzene rings is 2.